The van der Waals surface area contributed by atoms with E-state index in [0.717, 1.165) is 24.7 Å². The molecule has 1 aliphatic heterocycles. The summed E-state index contributed by atoms with van der Waals surface area (Å²) in [5, 5.41) is 0.789. The smallest absolute Gasteiger partial charge is 0.0590 e. The lowest BCUT2D eigenvalue weighted by Crippen LogP contribution is -2.57. The lowest BCUT2D eigenvalue weighted by atomic mass is 9.59. The number of rotatable bonds is 4. The van der Waals surface area contributed by atoms with Gasteiger partial charge in [0, 0.05) is 10.4 Å². The van der Waals surface area contributed by atoms with Crippen molar-refractivity contribution in [3.8, 4) is 0 Å². The Hall–Kier alpha value is -0.570. The first kappa shape index (κ1) is 12.9. The van der Waals surface area contributed by atoms with Crippen LogP contribution in [0.1, 0.15) is 25.8 Å². The fraction of sp³-hybridized carbons (Fsp3) is 0.571. The summed E-state index contributed by atoms with van der Waals surface area (Å²) in [7, 11) is 0. The van der Waals surface area contributed by atoms with Gasteiger partial charge in [-0.25, -0.2) is 0 Å². The summed E-state index contributed by atoms with van der Waals surface area (Å²) in [6.07, 6.45) is 0.989. The van der Waals surface area contributed by atoms with Gasteiger partial charge in [-0.3, -0.25) is 0 Å². The molecule has 0 spiro atoms. The van der Waals surface area contributed by atoms with Gasteiger partial charge in [-0.05, 0) is 36.1 Å². The van der Waals surface area contributed by atoms with Gasteiger partial charge < -0.3 is 10.5 Å². The summed E-state index contributed by atoms with van der Waals surface area (Å²) in [6, 6.07) is 8.12. The first-order valence-electron chi connectivity index (χ1n) is 6.06. The van der Waals surface area contributed by atoms with E-state index in [9.17, 15) is 0 Å². The van der Waals surface area contributed by atoms with Crippen molar-refractivity contribution in [2.45, 2.75) is 25.7 Å². The summed E-state index contributed by atoms with van der Waals surface area (Å²) in [6.45, 7) is 6.77. The van der Waals surface area contributed by atoms with Gasteiger partial charge in [0.05, 0.1) is 13.2 Å². The minimum absolute atomic E-state index is 0.0667. The molecule has 0 amide bonds. The largest absolute Gasteiger partial charge is 0.379 e. The molecule has 0 bridgehead atoms. The van der Waals surface area contributed by atoms with Crippen molar-refractivity contribution in [2.24, 2.45) is 11.1 Å². The zero-order valence-corrected chi connectivity index (χ0v) is 11.3. The number of ether oxygens (including phenoxy) is 1. The molecule has 1 heterocycles. The van der Waals surface area contributed by atoms with Crippen molar-refractivity contribution in [2.75, 3.05) is 19.8 Å². The third-order valence-corrected chi connectivity index (χ3v) is 4.37. The van der Waals surface area contributed by atoms with Crippen molar-refractivity contribution in [3.05, 3.63) is 34.9 Å². The zero-order chi connectivity index (χ0) is 12.5. The Balaban J connectivity index is 2.38. The molecule has 0 saturated carbocycles. The van der Waals surface area contributed by atoms with Crippen molar-refractivity contribution in [3.63, 3.8) is 0 Å². The van der Waals surface area contributed by atoms with Crippen LogP contribution < -0.4 is 5.73 Å². The fourth-order valence-corrected chi connectivity index (χ4v) is 2.83. The van der Waals surface area contributed by atoms with Crippen LogP contribution in [-0.2, 0) is 10.2 Å². The number of halogens is 1. The Morgan fingerprint density at radius 2 is 2.12 bits per heavy atom. The molecule has 1 aromatic carbocycles. The topological polar surface area (TPSA) is 35.2 Å². The second kappa shape index (κ2) is 4.60. The quantitative estimate of drug-likeness (QED) is 0.895. The van der Waals surface area contributed by atoms with E-state index in [1.165, 1.54) is 5.56 Å². The van der Waals surface area contributed by atoms with E-state index >= 15 is 0 Å². The molecule has 1 aliphatic rings. The third kappa shape index (κ3) is 2.10. The maximum atomic E-state index is 6.09. The Bertz CT molecular complexity index is 399. The predicted molar refractivity (Wildman–Crippen MR) is 71.4 cm³/mol. The number of hydrogen-bond donors (Lipinski definition) is 1. The summed E-state index contributed by atoms with van der Waals surface area (Å²) in [4.78, 5) is 0. The normalized spacial score (nSPS) is 18.8. The van der Waals surface area contributed by atoms with Crippen LogP contribution >= 0.6 is 11.6 Å². The van der Waals surface area contributed by atoms with Gasteiger partial charge in [0.15, 0.2) is 0 Å². The molecule has 3 heteroatoms. The summed E-state index contributed by atoms with van der Waals surface area (Å²) in [5.41, 5.74) is 7.20. The minimum atomic E-state index is 0.0667. The van der Waals surface area contributed by atoms with E-state index in [0.29, 0.717) is 6.54 Å². The molecule has 0 atom stereocenters. The van der Waals surface area contributed by atoms with Gasteiger partial charge in [-0.2, -0.15) is 0 Å². The highest BCUT2D eigenvalue weighted by Gasteiger charge is 2.51. The maximum absolute atomic E-state index is 6.09. The summed E-state index contributed by atoms with van der Waals surface area (Å²) < 4.78 is 5.48. The number of hydrogen-bond acceptors (Lipinski definition) is 2. The lowest BCUT2D eigenvalue weighted by Gasteiger charge is -2.53. The Kier molecular flexibility index (Phi) is 3.48. The monoisotopic (exact) mass is 253 g/mol. The standard InChI is InChI=1S/C14H20ClNO/c1-13(2,6-7-16)14(9-17-10-14)11-4-3-5-12(15)8-11/h3-5,8H,6-7,9-10,16H2,1-2H3. The lowest BCUT2D eigenvalue weighted by molar-refractivity contribution is -0.121. The highest BCUT2D eigenvalue weighted by atomic mass is 35.5. The predicted octanol–water partition coefficient (Wildman–Crippen LogP) is 2.98. The molecule has 0 unspecified atom stereocenters. The maximum Gasteiger partial charge on any atom is 0.0590 e. The second-order valence-electron chi connectivity index (χ2n) is 5.51. The van der Waals surface area contributed by atoms with Gasteiger partial charge in [-0.1, -0.05) is 37.6 Å². The molecular weight excluding hydrogens is 234 g/mol. The highest BCUT2D eigenvalue weighted by Crippen LogP contribution is 2.49. The fourth-order valence-electron chi connectivity index (χ4n) is 2.64. The van der Waals surface area contributed by atoms with Crippen molar-refractivity contribution in [1.29, 1.82) is 0 Å². The molecule has 94 valence electrons. The minimum Gasteiger partial charge on any atom is -0.379 e. The zero-order valence-electron chi connectivity index (χ0n) is 10.5. The molecule has 2 N–H and O–H groups in total. The average molecular weight is 254 g/mol. The highest BCUT2D eigenvalue weighted by molar-refractivity contribution is 6.30. The van der Waals surface area contributed by atoms with Crippen LogP contribution in [0.5, 0.6) is 0 Å². The van der Waals surface area contributed by atoms with Crippen LogP contribution in [0.15, 0.2) is 24.3 Å². The number of benzene rings is 1. The molecule has 1 saturated heterocycles. The van der Waals surface area contributed by atoms with Crippen LogP contribution in [0.4, 0.5) is 0 Å². The van der Waals surface area contributed by atoms with E-state index in [1.807, 2.05) is 12.1 Å². The molecule has 1 aromatic rings. The molecule has 0 aliphatic carbocycles. The van der Waals surface area contributed by atoms with Crippen molar-refractivity contribution in [1.82, 2.24) is 0 Å². The van der Waals surface area contributed by atoms with Crippen LogP contribution in [0.25, 0.3) is 0 Å². The third-order valence-electron chi connectivity index (χ3n) is 4.14. The van der Waals surface area contributed by atoms with Crippen LogP contribution in [0.3, 0.4) is 0 Å². The second-order valence-corrected chi connectivity index (χ2v) is 5.94. The van der Waals surface area contributed by atoms with Crippen LogP contribution in [-0.4, -0.2) is 19.8 Å². The van der Waals surface area contributed by atoms with E-state index in [2.05, 4.69) is 26.0 Å². The van der Waals surface area contributed by atoms with Gasteiger partial charge in [0.1, 0.15) is 0 Å². The molecule has 1 fully saturated rings. The SMILES string of the molecule is CC(C)(CCN)C1(c2cccc(Cl)c2)COC1. The van der Waals surface area contributed by atoms with Gasteiger partial charge >= 0.3 is 0 Å². The molecule has 0 radical (unpaired) electrons. The number of nitrogens with two attached hydrogens (primary N) is 1. The Labute approximate surface area is 108 Å². The summed E-state index contributed by atoms with van der Waals surface area (Å²) >= 11 is 6.09. The van der Waals surface area contributed by atoms with Gasteiger partial charge in [0.2, 0.25) is 0 Å². The van der Waals surface area contributed by atoms with E-state index < -0.39 is 0 Å². The Morgan fingerprint density at radius 3 is 2.59 bits per heavy atom. The van der Waals surface area contributed by atoms with Crippen LogP contribution in [0, 0.1) is 5.41 Å². The van der Waals surface area contributed by atoms with E-state index in [-0.39, 0.29) is 10.8 Å². The van der Waals surface area contributed by atoms with E-state index in [1.54, 1.807) is 0 Å². The molecule has 17 heavy (non-hydrogen) atoms. The van der Waals surface area contributed by atoms with Crippen molar-refractivity contribution >= 4 is 11.6 Å². The van der Waals surface area contributed by atoms with E-state index in [4.69, 9.17) is 22.1 Å². The Morgan fingerprint density at radius 1 is 1.41 bits per heavy atom. The first-order valence-corrected chi connectivity index (χ1v) is 6.43. The molecule has 0 aromatic heterocycles. The van der Waals surface area contributed by atoms with Crippen molar-refractivity contribution < 1.29 is 4.74 Å². The van der Waals surface area contributed by atoms with Gasteiger partial charge in [-0.15, -0.1) is 0 Å². The molecule has 2 rings (SSSR count). The molecular formula is C14H20ClNO. The average Bonchev–Trinajstić information content (AvgIpc) is 2.14. The van der Waals surface area contributed by atoms with Crippen LogP contribution in [0.2, 0.25) is 5.02 Å². The summed E-state index contributed by atoms with van der Waals surface area (Å²) in [5.74, 6) is 0. The first-order chi connectivity index (χ1) is 8.02. The molecule has 2 nitrogen and oxygen atoms in total. The van der Waals surface area contributed by atoms with Gasteiger partial charge in [0.25, 0.3) is 0 Å².